The second-order valence-electron chi connectivity index (χ2n) is 7.57. The van der Waals surface area contributed by atoms with E-state index < -0.39 is 12.1 Å². The minimum Gasteiger partial charge on any atom is -0.459 e. The summed E-state index contributed by atoms with van der Waals surface area (Å²) in [7, 11) is 0. The van der Waals surface area contributed by atoms with E-state index in [2.05, 4.69) is 20.1 Å². The molecule has 166 valence electrons. The van der Waals surface area contributed by atoms with E-state index >= 15 is 0 Å². The standard InChI is InChI=1S/C23H20FN7O2/c1-14-28-21-19(30(14)12-18(24)22(32)33-13-15-5-3-2-4-6-15)9-16(10-26-21)17-7-8-31-20(17)11-27-23(25)29-31/h2-11,18H,12-13H2,1H3,(H2,25,29). The molecule has 0 aliphatic heterocycles. The van der Waals surface area contributed by atoms with Crippen molar-refractivity contribution in [2.75, 3.05) is 5.73 Å². The summed E-state index contributed by atoms with van der Waals surface area (Å²) in [6, 6.07) is 12.9. The number of nitrogens with zero attached hydrogens (tertiary/aromatic N) is 6. The van der Waals surface area contributed by atoms with Crippen molar-refractivity contribution < 1.29 is 13.9 Å². The average Bonchev–Trinajstić information content (AvgIpc) is 3.38. The molecule has 10 heteroatoms. The van der Waals surface area contributed by atoms with E-state index in [1.807, 2.05) is 42.5 Å². The van der Waals surface area contributed by atoms with Gasteiger partial charge in [-0.1, -0.05) is 30.3 Å². The Hall–Kier alpha value is -4.34. The normalized spacial score (nSPS) is 12.3. The van der Waals surface area contributed by atoms with Gasteiger partial charge in [0.1, 0.15) is 12.4 Å². The number of esters is 1. The number of rotatable bonds is 6. The molecule has 0 bridgehead atoms. The van der Waals surface area contributed by atoms with E-state index in [0.29, 0.717) is 17.0 Å². The van der Waals surface area contributed by atoms with Crippen LogP contribution in [0.1, 0.15) is 11.4 Å². The molecule has 4 heterocycles. The number of fused-ring (bicyclic) bond motifs is 2. The number of imidazole rings is 1. The van der Waals surface area contributed by atoms with E-state index in [0.717, 1.165) is 22.2 Å². The Morgan fingerprint density at radius 3 is 2.79 bits per heavy atom. The molecule has 1 unspecified atom stereocenters. The van der Waals surface area contributed by atoms with Crippen molar-refractivity contribution in [3.63, 3.8) is 0 Å². The van der Waals surface area contributed by atoms with Crippen LogP contribution < -0.4 is 5.73 Å². The first-order valence-corrected chi connectivity index (χ1v) is 10.3. The van der Waals surface area contributed by atoms with Crippen LogP contribution in [0.15, 0.2) is 61.1 Å². The van der Waals surface area contributed by atoms with Crippen LogP contribution >= 0.6 is 0 Å². The third kappa shape index (κ3) is 3.98. The number of carbonyl (C=O) groups is 1. The Morgan fingerprint density at radius 1 is 1.15 bits per heavy atom. The minimum absolute atomic E-state index is 0.0176. The summed E-state index contributed by atoms with van der Waals surface area (Å²) in [5, 5.41) is 4.15. The van der Waals surface area contributed by atoms with E-state index in [1.54, 1.807) is 34.6 Å². The van der Waals surface area contributed by atoms with Gasteiger partial charge in [0.2, 0.25) is 12.1 Å². The lowest BCUT2D eigenvalue weighted by atomic mass is 10.1. The summed E-state index contributed by atoms with van der Waals surface area (Å²) in [5.74, 6) is -0.205. The molecule has 0 spiro atoms. The number of pyridine rings is 1. The third-order valence-corrected chi connectivity index (χ3v) is 5.36. The monoisotopic (exact) mass is 445 g/mol. The van der Waals surface area contributed by atoms with Gasteiger partial charge in [-0.05, 0) is 24.6 Å². The highest BCUT2D eigenvalue weighted by Crippen LogP contribution is 2.28. The van der Waals surface area contributed by atoms with Gasteiger partial charge in [0.15, 0.2) is 5.65 Å². The number of hydrogen-bond acceptors (Lipinski definition) is 7. The Balaban J connectivity index is 1.41. The van der Waals surface area contributed by atoms with Gasteiger partial charge in [0.25, 0.3) is 0 Å². The first-order chi connectivity index (χ1) is 16.0. The number of aryl methyl sites for hydroxylation is 1. The first-order valence-electron chi connectivity index (χ1n) is 10.3. The van der Waals surface area contributed by atoms with Gasteiger partial charge in [0, 0.05) is 23.5 Å². The van der Waals surface area contributed by atoms with Crippen LogP contribution in [0.4, 0.5) is 10.3 Å². The van der Waals surface area contributed by atoms with Crippen molar-refractivity contribution >= 4 is 28.6 Å². The molecule has 1 aromatic carbocycles. The van der Waals surface area contributed by atoms with Crippen molar-refractivity contribution in [3.8, 4) is 11.1 Å². The van der Waals surface area contributed by atoms with Crippen LogP contribution in [0.2, 0.25) is 0 Å². The summed E-state index contributed by atoms with van der Waals surface area (Å²) < 4.78 is 23.2. The number of ether oxygens (including phenoxy) is 1. The van der Waals surface area contributed by atoms with Crippen molar-refractivity contribution in [2.45, 2.75) is 26.2 Å². The highest BCUT2D eigenvalue weighted by molar-refractivity contribution is 5.85. The van der Waals surface area contributed by atoms with Crippen LogP contribution in [0, 0.1) is 6.92 Å². The van der Waals surface area contributed by atoms with Crippen LogP contribution in [0.3, 0.4) is 0 Å². The summed E-state index contributed by atoms with van der Waals surface area (Å²) in [6.45, 7) is 1.54. The molecule has 0 radical (unpaired) electrons. The fourth-order valence-corrected chi connectivity index (χ4v) is 3.71. The number of nitrogen functional groups attached to an aromatic ring is 1. The highest BCUT2D eigenvalue weighted by atomic mass is 19.1. The van der Waals surface area contributed by atoms with Crippen LogP contribution in [0.5, 0.6) is 0 Å². The molecular weight excluding hydrogens is 425 g/mol. The molecule has 0 amide bonds. The average molecular weight is 445 g/mol. The highest BCUT2D eigenvalue weighted by Gasteiger charge is 2.23. The van der Waals surface area contributed by atoms with E-state index in [1.165, 1.54) is 0 Å². The van der Waals surface area contributed by atoms with Gasteiger partial charge >= 0.3 is 5.97 Å². The number of halogens is 1. The lowest BCUT2D eigenvalue weighted by molar-refractivity contribution is -0.151. The molecule has 9 nitrogen and oxygen atoms in total. The molecule has 0 saturated heterocycles. The first kappa shape index (κ1) is 20.6. The number of carbonyl (C=O) groups excluding carboxylic acids is 1. The van der Waals surface area contributed by atoms with Gasteiger partial charge < -0.3 is 15.0 Å². The summed E-state index contributed by atoms with van der Waals surface area (Å²) in [6.07, 6.45) is 3.24. The lowest BCUT2D eigenvalue weighted by Gasteiger charge is -2.12. The molecule has 0 aliphatic rings. The van der Waals surface area contributed by atoms with Gasteiger partial charge in [-0.15, -0.1) is 5.10 Å². The number of hydrogen-bond donors (Lipinski definition) is 1. The second-order valence-corrected chi connectivity index (χ2v) is 7.57. The maximum atomic E-state index is 14.8. The zero-order valence-corrected chi connectivity index (χ0v) is 17.7. The maximum absolute atomic E-state index is 14.8. The van der Waals surface area contributed by atoms with Gasteiger partial charge in [-0.25, -0.2) is 28.7 Å². The zero-order valence-electron chi connectivity index (χ0n) is 17.7. The summed E-state index contributed by atoms with van der Waals surface area (Å²) in [5.41, 5.74) is 9.89. The number of nitrogens with two attached hydrogens (primary N) is 1. The Morgan fingerprint density at radius 2 is 1.97 bits per heavy atom. The van der Waals surface area contributed by atoms with Crippen LogP contribution in [-0.2, 0) is 22.7 Å². The summed E-state index contributed by atoms with van der Waals surface area (Å²) >= 11 is 0. The lowest BCUT2D eigenvalue weighted by Crippen LogP contribution is -2.24. The molecule has 0 aliphatic carbocycles. The fourth-order valence-electron chi connectivity index (χ4n) is 3.71. The topological polar surface area (TPSA) is 113 Å². The van der Waals surface area contributed by atoms with Gasteiger partial charge in [-0.2, -0.15) is 0 Å². The van der Waals surface area contributed by atoms with E-state index in [9.17, 15) is 9.18 Å². The smallest absolute Gasteiger partial charge is 0.342 e. The molecule has 0 saturated carbocycles. The molecule has 0 fully saturated rings. The van der Waals surface area contributed by atoms with E-state index in [-0.39, 0.29) is 19.1 Å². The van der Waals surface area contributed by atoms with Crippen molar-refractivity contribution in [2.24, 2.45) is 0 Å². The summed E-state index contributed by atoms with van der Waals surface area (Å²) in [4.78, 5) is 25.1. The van der Waals surface area contributed by atoms with Crippen LogP contribution in [-0.4, -0.2) is 41.3 Å². The maximum Gasteiger partial charge on any atom is 0.342 e. The molecule has 1 atom stereocenters. The molecule has 33 heavy (non-hydrogen) atoms. The van der Waals surface area contributed by atoms with Crippen molar-refractivity contribution in [3.05, 3.63) is 72.4 Å². The van der Waals surface area contributed by atoms with Gasteiger partial charge in [0.05, 0.1) is 23.8 Å². The molecule has 5 aromatic rings. The number of alkyl halides is 1. The quantitative estimate of drug-likeness (QED) is 0.400. The molecule has 2 N–H and O–H groups in total. The van der Waals surface area contributed by atoms with Crippen LogP contribution in [0.25, 0.3) is 27.8 Å². The Kier molecular flexibility index (Phi) is 5.17. The number of anilines is 1. The molecular formula is C23H20FN7O2. The Labute approximate surface area is 187 Å². The largest absolute Gasteiger partial charge is 0.459 e. The minimum atomic E-state index is -1.85. The fraction of sp³-hybridized carbons (Fsp3) is 0.174. The van der Waals surface area contributed by atoms with Crippen molar-refractivity contribution in [1.82, 2.24) is 29.1 Å². The number of aromatic nitrogens is 6. The van der Waals surface area contributed by atoms with E-state index in [4.69, 9.17) is 10.5 Å². The predicted molar refractivity (Wildman–Crippen MR) is 120 cm³/mol. The molecule has 4 aromatic heterocycles. The van der Waals surface area contributed by atoms with Gasteiger partial charge in [-0.3, -0.25) is 0 Å². The number of benzene rings is 1. The SMILES string of the molecule is Cc1nc2ncc(-c3ccn4nc(N)ncc34)cc2n1CC(F)C(=O)OCc1ccccc1. The Bertz CT molecular complexity index is 1460. The third-order valence-electron chi connectivity index (χ3n) is 5.36. The second kappa shape index (κ2) is 8.30. The molecule has 5 rings (SSSR count). The predicted octanol–water partition coefficient (Wildman–Crippen LogP) is 3.11. The zero-order chi connectivity index (χ0) is 22.9. The van der Waals surface area contributed by atoms with Crippen molar-refractivity contribution in [1.29, 1.82) is 0 Å².